The van der Waals surface area contributed by atoms with E-state index in [1.807, 2.05) is 0 Å². The minimum absolute atomic E-state index is 0.0117. The Morgan fingerprint density at radius 1 is 1.08 bits per heavy atom. The lowest BCUT2D eigenvalue weighted by Crippen LogP contribution is -2.38. The smallest absolute Gasteiger partial charge is 0.293 e. The predicted molar refractivity (Wildman–Crippen MR) is 166 cm³/mol. The molecule has 2 aliphatic carbocycles. The molecule has 49 heavy (non-hydrogen) atoms. The molecule has 0 spiro atoms. The zero-order valence-electron chi connectivity index (χ0n) is 25.3. The molecule has 0 bridgehead atoms. The lowest BCUT2D eigenvalue weighted by Gasteiger charge is -2.23. The Balaban J connectivity index is 1.24. The third-order valence-electron chi connectivity index (χ3n) is 9.22. The minimum atomic E-state index is -3.49. The molecule has 9 nitrogen and oxygen atoms in total. The van der Waals surface area contributed by atoms with Crippen LogP contribution in [-0.4, -0.2) is 35.2 Å². The Labute approximate surface area is 276 Å². The van der Waals surface area contributed by atoms with E-state index in [-0.39, 0.29) is 34.4 Å². The number of hydrogen-bond acceptors (Lipinski definition) is 7. The highest BCUT2D eigenvalue weighted by atomic mass is 32.1. The van der Waals surface area contributed by atoms with Crippen LogP contribution in [0.5, 0.6) is 0 Å². The molecule has 4 atom stereocenters. The summed E-state index contributed by atoms with van der Waals surface area (Å²) in [5, 5.41) is 6.53. The van der Waals surface area contributed by atoms with Gasteiger partial charge in [-0.15, -0.1) is 11.3 Å². The van der Waals surface area contributed by atoms with Gasteiger partial charge in [0.15, 0.2) is 5.65 Å². The van der Waals surface area contributed by atoms with Crippen molar-refractivity contribution in [2.75, 3.05) is 0 Å². The summed E-state index contributed by atoms with van der Waals surface area (Å²) in [5.74, 6) is -8.81. The predicted octanol–water partition coefficient (Wildman–Crippen LogP) is 6.36. The Bertz CT molecular complexity index is 2350. The quantitative estimate of drug-likeness (QED) is 0.186. The molecule has 250 valence electrons. The molecule has 1 amide bonds. The van der Waals surface area contributed by atoms with Gasteiger partial charge in [-0.25, -0.2) is 32.5 Å². The van der Waals surface area contributed by atoms with Crippen LogP contribution in [0.15, 0.2) is 65.0 Å². The summed E-state index contributed by atoms with van der Waals surface area (Å²) in [5.41, 5.74) is 0.253. The van der Waals surface area contributed by atoms with Gasteiger partial charge in [-0.1, -0.05) is 6.92 Å². The van der Waals surface area contributed by atoms with E-state index in [0.29, 0.717) is 22.0 Å². The molecule has 0 unspecified atom stereocenters. The highest BCUT2D eigenvalue weighted by Gasteiger charge is 2.71. The maximum Gasteiger partial charge on any atom is 0.293 e. The van der Waals surface area contributed by atoms with Gasteiger partial charge in [-0.05, 0) is 53.9 Å². The van der Waals surface area contributed by atoms with Crippen molar-refractivity contribution in [3.8, 4) is 5.69 Å². The summed E-state index contributed by atoms with van der Waals surface area (Å²) in [4.78, 5) is 40.9. The molecule has 0 aliphatic heterocycles. The first kappa shape index (κ1) is 31.2. The van der Waals surface area contributed by atoms with Crippen LogP contribution in [-0.2, 0) is 23.7 Å². The zero-order valence-corrected chi connectivity index (χ0v) is 26.1. The van der Waals surface area contributed by atoms with Crippen LogP contribution in [0.2, 0.25) is 0 Å². The SMILES string of the molecule is C[C@@H]1[C@@H]2c3c(C(F)F)nn(CC(=O)N[C@@H](Cc4cc(F)cc(F)c4)c4nc5ncccc5c(=O)n4-c4ccc5scnc5c4)c3C(F)(F)[C@H]12. The molecule has 16 heteroatoms. The van der Waals surface area contributed by atoms with Crippen molar-refractivity contribution >= 4 is 38.5 Å². The molecule has 1 fully saturated rings. The molecule has 1 N–H and O–H groups in total. The lowest BCUT2D eigenvalue weighted by molar-refractivity contribution is -0.123. The van der Waals surface area contributed by atoms with E-state index in [1.165, 1.54) is 28.2 Å². The fraction of sp³-hybridized carbons (Fsp3) is 0.273. The standard InChI is InChI=1S/C33H23F6N7O2S/c1-14-24-25-27(29(36)37)44-45(28(25)33(38,39)26(14)24)12-23(47)42-21(9-15-7-16(34)10-17(35)8-15)31-43-30-19(3-2-6-40-30)32(48)46(31)18-4-5-22-20(11-18)41-13-49-22/h2-8,10-11,13-14,21,24,26,29H,9,12H2,1H3,(H,42,47)/t14-,21+,24-,26-/m1/s1. The summed E-state index contributed by atoms with van der Waals surface area (Å²) in [6, 6.07) is 9.50. The summed E-state index contributed by atoms with van der Waals surface area (Å²) >= 11 is 1.38. The first-order valence-electron chi connectivity index (χ1n) is 15.1. The van der Waals surface area contributed by atoms with Gasteiger partial charge < -0.3 is 5.32 Å². The van der Waals surface area contributed by atoms with E-state index < -0.39 is 77.2 Å². The fourth-order valence-corrected chi connectivity index (χ4v) is 7.78. The molecule has 2 aromatic carbocycles. The Morgan fingerprint density at radius 3 is 2.61 bits per heavy atom. The number of rotatable bonds is 8. The molecule has 1 saturated carbocycles. The maximum atomic E-state index is 15.5. The van der Waals surface area contributed by atoms with Gasteiger partial charge in [-0.3, -0.25) is 18.8 Å². The molecule has 6 aromatic rings. The van der Waals surface area contributed by atoms with Crippen LogP contribution in [0.25, 0.3) is 26.9 Å². The van der Waals surface area contributed by atoms with Crippen molar-refractivity contribution in [3.63, 3.8) is 0 Å². The Kier molecular flexibility index (Phi) is 7.14. The number of thiazole rings is 1. The third kappa shape index (κ3) is 5.07. The van der Waals surface area contributed by atoms with Crippen molar-refractivity contribution in [2.45, 2.75) is 44.2 Å². The first-order chi connectivity index (χ1) is 23.4. The van der Waals surface area contributed by atoms with E-state index >= 15 is 8.78 Å². The van der Waals surface area contributed by atoms with Crippen molar-refractivity contribution in [3.05, 3.63) is 111 Å². The molecule has 4 heterocycles. The second-order valence-electron chi connectivity index (χ2n) is 12.2. The maximum absolute atomic E-state index is 15.5. The zero-order chi connectivity index (χ0) is 34.4. The lowest BCUT2D eigenvalue weighted by atomic mass is 10.0. The molecular formula is C33H23F6N7O2S. The number of halogens is 6. The van der Waals surface area contributed by atoms with Crippen LogP contribution in [0.3, 0.4) is 0 Å². The summed E-state index contributed by atoms with van der Waals surface area (Å²) in [6.45, 7) is 0.676. The summed E-state index contributed by atoms with van der Waals surface area (Å²) in [6.07, 6.45) is -2.05. The average Bonchev–Trinajstić information content (AvgIpc) is 3.33. The van der Waals surface area contributed by atoms with E-state index in [9.17, 15) is 27.2 Å². The normalized spacial score (nSPS) is 19.7. The number of nitrogens with zero attached hydrogens (tertiary/aromatic N) is 6. The second kappa shape index (κ2) is 11.2. The van der Waals surface area contributed by atoms with Crippen LogP contribution < -0.4 is 10.9 Å². The summed E-state index contributed by atoms with van der Waals surface area (Å²) < 4.78 is 90.2. The molecular weight excluding hydrogens is 672 g/mol. The largest absolute Gasteiger partial charge is 0.344 e. The number of carbonyl (C=O) groups is 1. The topological polar surface area (TPSA) is 108 Å². The van der Waals surface area contributed by atoms with Crippen molar-refractivity contribution in [1.82, 2.24) is 34.6 Å². The molecule has 2 aliphatic rings. The highest BCUT2D eigenvalue weighted by molar-refractivity contribution is 7.16. The van der Waals surface area contributed by atoms with Gasteiger partial charge >= 0.3 is 0 Å². The van der Waals surface area contributed by atoms with E-state index in [1.54, 1.807) is 36.7 Å². The highest BCUT2D eigenvalue weighted by Crippen LogP contribution is 2.71. The number of alkyl halides is 4. The number of hydrogen-bond donors (Lipinski definition) is 1. The van der Waals surface area contributed by atoms with Crippen LogP contribution >= 0.6 is 11.3 Å². The molecule has 0 radical (unpaired) electrons. The third-order valence-corrected chi connectivity index (χ3v) is 10.0. The Morgan fingerprint density at radius 2 is 1.86 bits per heavy atom. The fourth-order valence-electron chi connectivity index (χ4n) is 7.12. The number of benzene rings is 2. The molecule has 8 rings (SSSR count). The number of fused-ring (bicyclic) bond motifs is 5. The van der Waals surface area contributed by atoms with E-state index in [0.717, 1.165) is 16.8 Å². The second-order valence-corrected chi connectivity index (χ2v) is 13.1. The first-order valence-corrected chi connectivity index (χ1v) is 16.0. The van der Waals surface area contributed by atoms with Crippen LogP contribution in [0.4, 0.5) is 26.3 Å². The van der Waals surface area contributed by atoms with Gasteiger partial charge in [0, 0.05) is 36.1 Å². The van der Waals surface area contributed by atoms with Gasteiger partial charge in [0.25, 0.3) is 17.9 Å². The van der Waals surface area contributed by atoms with Crippen LogP contribution in [0.1, 0.15) is 53.6 Å². The monoisotopic (exact) mass is 695 g/mol. The van der Waals surface area contributed by atoms with Gasteiger partial charge in [0.1, 0.15) is 35.4 Å². The van der Waals surface area contributed by atoms with Crippen molar-refractivity contribution in [2.24, 2.45) is 11.8 Å². The number of pyridine rings is 1. The number of amides is 1. The Hall–Kier alpha value is -5.12. The van der Waals surface area contributed by atoms with Crippen molar-refractivity contribution in [1.29, 1.82) is 0 Å². The number of nitrogens with one attached hydrogen (secondary N) is 1. The van der Waals surface area contributed by atoms with Gasteiger partial charge in [0.2, 0.25) is 5.91 Å². The molecule has 0 saturated heterocycles. The average molecular weight is 696 g/mol. The van der Waals surface area contributed by atoms with E-state index in [2.05, 4.69) is 25.4 Å². The van der Waals surface area contributed by atoms with Crippen LogP contribution in [0, 0.1) is 23.5 Å². The number of aromatic nitrogens is 6. The molecule has 4 aromatic heterocycles. The van der Waals surface area contributed by atoms with Crippen molar-refractivity contribution < 1.29 is 31.1 Å². The summed E-state index contributed by atoms with van der Waals surface area (Å²) in [7, 11) is 0. The van der Waals surface area contributed by atoms with Gasteiger partial charge in [0.05, 0.1) is 32.8 Å². The number of carbonyl (C=O) groups excluding carboxylic acids is 1. The van der Waals surface area contributed by atoms with E-state index in [4.69, 9.17) is 0 Å². The van der Waals surface area contributed by atoms with Gasteiger partial charge in [-0.2, -0.15) is 13.9 Å². The minimum Gasteiger partial charge on any atom is -0.344 e.